The number of carbonyl (C=O) groups is 1. The van der Waals surface area contributed by atoms with Crippen LogP contribution in [0.25, 0.3) is 33.1 Å². The Bertz CT molecular complexity index is 1080. The van der Waals surface area contributed by atoms with E-state index in [1.807, 2.05) is 36.4 Å². The van der Waals surface area contributed by atoms with Gasteiger partial charge in [0.2, 0.25) is 5.91 Å². The molecule has 0 unspecified atom stereocenters. The lowest BCUT2D eigenvalue weighted by atomic mass is 10.0. The van der Waals surface area contributed by atoms with Crippen LogP contribution < -0.4 is 11.1 Å². The summed E-state index contributed by atoms with van der Waals surface area (Å²) in [5.74, 6) is 0.356. The average Bonchev–Trinajstić information content (AvgIpc) is 2.92. The van der Waals surface area contributed by atoms with E-state index in [0.717, 1.165) is 38.8 Å². The highest BCUT2D eigenvalue weighted by Crippen LogP contribution is 2.32. The lowest BCUT2D eigenvalue weighted by Crippen LogP contribution is -2.06. The molecule has 4 aromatic rings. The third-order valence-electron chi connectivity index (χ3n) is 3.90. The Hall–Kier alpha value is -3.41. The van der Waals surface area contributed by atoms with Crippen molar-refractivity contribution in [2.24, 2.45) is 0 Å². The van der Waals surface area contributed by atoms with Crippen LogP contribution in [-0.2, 0) is 4.79 Å². The number of fused-ring (bicyclic) bond motifs is 3. The predicted octanol–water partition coefficient (Wildman–Crippen LogP) is 3.32. The van der Waals surface area contributed by atoms with Crippen molar-refractivity contribution in [3.63, 3.8) is 0 Å². The normalized spacial score (nSPS) is 11.0. The summed E-state index contributed by atoms with van der Waals surface area (Å²) in [6.45, 7) is 1.49. The molecule has 0 radical (unpaired) electrons. The van der Waals surface area contributed by atoms with Gasteiger partial charge < -0.3 is 16.0 Å². The Morgan fingerprint density at radius 3 is 2.79 bits per heavy atom. The molecule has 3 aromatic heterocycles. The number of hydrogen-bond donors (Lipinski definition) is 3. The van der Waals surface area contributed by atoms with Crippen molar-refractivity contribution in [1.82, 2.24) is 15.0 Å². The van der Waals surface area contributed by atoms with Gasteiger partial charge in [0.15, 0.2) is 0 Å². The number of nitrogens with one attached hydrogen (secondary N) is 2. The van der Waals surface area contributed by atoms with E-state index in [1.165, 1.54) is 6.92 Å². The van der Waals surface area contributed by atoms with Crippen LogP contribution in [0, 0.1) is 0 Å². The second-order valence-corrected chi connectivity index (χ2v) is 5.63. The molecule has 0 fully saturated rings. The number of aromatic amines is 1. The summed E-state index contributed by atoms with van der Waals surface area (Å²) in [4.78, 5) is 23.3. The van der Waals surface area contributed by atoms with Gasteiger partial charge in [-0.2, -0.15) is 0 Å². The van der Waals surface area contributed by atoms with E-state index in [0.29, 0.717) is 5.82 Å². The molecule has 4 rings (SSSR count). The number of rotatable bonds is 2. The van der Waals surface area contributed by atoms with Crippen molar-refractivity contribution in [2.75, 3.05) is 11.1 Å². The van der Waals surface area contributed by atoms with E-state index in [9.17, 15) is 4.79 Å². The van der Waals surface area contributed by atoms with Gasteiger partial charge in [0.05, 0.1) is 11.7 Å². The minimum absolute atomic E-state index is 0.109. The summed E-state index contributed by atoms with van der Waals surface area (Å²) in [7, 11) is 0. The van der Waals surface area contributed by atoms with Crippen molar-refractivity contribution in [3.05, 3.63) is 48.8 Å². The number of anilines is 2. The van der Waals surface area contributed by atoms with Crippen molar-refractivity contribution in [2.45, 2.75) is 6.92 Å². The standard InChI is InChI=1S/C18H15N5O/c1-10(24)22-15-5-3-2-4-12(15)11-6-14-13-7-17(19)20-9-16(13)23-18(14)21-8-11/h2-9H,1H3,(H2,19,20)(H,21,23)(H,22,24). The number of pyridine rings is 2. The van der Waals surface area contributed by atoms with E-state index in [1.54, 1.807) is 12.4 Å². The van der Waals surface area contributed by atoms with Gasteiger partial charge in [-0.25, -0.2) is 9.97 Å². The van der Waals surface area contributed by atoms with Gasteiger partial charge in [-0.1, -0.05) is 18.2 Å². The zero-order valence-corrected chi connectivity index (χ0v) is 13.0. The molecular weight excluding hydrogens is 302 g/mol. The predicted molar refractivity (Wildman–Crippen MR) is 95.5 cm³/mol. The van der Waals surface area contributed by atoms with Crippen LogP contribution in [0.3, 0.4) is 0 Å². The lowest BCUT2D eigenvalue weighted by Gasteiger charge is -2.09. The maximum atomic E-state index is 11.4. The number of para-hydroxylation sites is 1. The van der Waals surface area contributed by atoms with Crippen LogP contribution in [0.1, 0.15) is 6.92 Å². The fourth-order valence-electron chi connectivity index (χ4n) is 2.87. The number of hydrogen-bond acceptors (Lipinski definition) is 4. The molecule has 0 aliphatic heterocycles. The molecule has 0 bridgehead atoms. The smallest absolute Gasteiger partial charge is 0.221 e. The summed E-state index contributed by atoms with van der Waals surface area (Å²) in [6.07, 6.45) is 3.49. The zero-order chi connectivity index (χ0) is 16.7. The molecule has 6 heteroatoms. The number of aromatic nitrogens is 3. The number of nitrogens with two attached hydrogens (primary N) is 1. The largest absolute Gasteiger partial charge is 0.384 e. The third-order valence-corrected chi connectivity index (χ3v) is 3.90. The lowest BCUT2D eigenvalue weighted by molar-refractivity contribution is -0.114. The van der Waals surface area contributed by atoms with E-state index < -0.39 is 0 Å². The summed E-state index contributed by atoms with van der Waals surface area (Å²) in [5.41, 5.74) is 10.1. The Labute approximate surface area is 137 Å². The number of H-pyrrole nitrogens is 1. The van der Waals surface area contributed by atoms with E-state index in [-0.39, 0.29) is 5.91 Å². The number of benzene rings is 1. The van der Waals surface area contributed by atoms with Crippen molar-refractivity contribution >= 4 is 39.3 Å². The highest BCUT2D eigenvalue weighted by atomic mass is 16.1. The Kier molecular flexibility index (Phi) is 3.16. The first-order valence-electron chi connectivity index (χ1n) is 7.52. The monoisotopic (exact) mass is 317 g/mol. The molecule has 0 atom stereocenters. The molecule has 0 spiro atoms. The Morgan fingerprint density at radius 2 is 1.96 bits per heavy atom. The van der Waals surface area contributed by atoms with Crippen LogP contribution in [0.4, 0.5) is 11.5 Å². The van der Waals surface area contributed by atoms with Crippen molar-refractivity contribution < 1.29 is 4.79 Å². The Balaban J connectivity index is 1.93. The van der Waals surface area contributed by atoms with Gasteiger partial charge in [-0.3, -0.25) is 4.79 Å². The van der Waals surface area contributed by atoms with E-state index in [2.05, 4.69) is 20.3 Å². The molecule has 4 N–H and O–H groups in total. The summed E-state index contributed by atoms with van der Waals surface area (Å²) in [5, 5.41) is 4.80. The van der Waals surface area contributed by atoms with Crippen LogP contribution in [0.15, 0.2) is 48.8 Å². The number of amides is 1. The van der Waals surface area contributed by atoms with Crippen LogP contribution in [0.2, 0.25) is 0 Å². The first-order valence-corrected chi connectivity index (χ1v) is 7.52. The van der Waals surface area contributed by atoms with Crippen LogP contribution in [-0.4, -0.2) is 20.9 Å². The first-order chi connectivity index (χ1) is 11.6. The van der Waals surface area contributed by atoms with Crippen molar-refractivity contribution in [3.8, 4) is 11.1 Å². The number of carbonyl (C=O) groups excluding carboxylic acids is 1. The summed E-state index contributed by atoms with van der Waals surface area (Å²) >= 11 is 0. The molecular formula is C18H15N5O. The fraction of sp³-hybridized carbons (Fsp3) is 0.0556. The van der Waals surface area contributed by atoms with Gasteiger partial charge in [-0.15, -0.1) is 0 Å². The minimum Gasteiger partial charge on any atom is -0.384 e. The average molecular weight is 317 g/mol. The van der Waals surface area contributed by atoms with Gasteiger partial charge in [0.1, 0.15) is 11.5 Å². The second-order valence-electron chi connectivity index (χ2n) is 5.63. The molecule has 0 aliphatic rings. The maximum absolute atomic E-state index is 11.4. The maximum Gasteiger partial charge on any atom is 0.221 e. The Morgan fingerprint density at radius 1 is 1.12 bits per heavy atom. The van der Waals surface area contributed by atoms with Gasteiger partial charge in [-0.05, 0) is 18.2 Å². The fourth-order valence-corrected chi connectivity index (χ4v) is 2.87. The first kappa shape index (κ1) is 14.2. The molecule has 1 aromatic carbocycles. The number of nitrogens with zero attached hydrogens (tertiary/aromatic N) is 2. The van der Waals surface area contributed by atoms with E-state index in [4.69, 9.17) is 5.73 Å². The molecule has 0 aliphatic carbocycles. The molecule has 6 nitrogen and oxygen atoms in total. The highest BCUT2D eigenvalue weighted by Gasteiger charge is 2.11. The van der Waals surface area contributed by atoms with Crippen LogP contribution in [0.5, 0.6) is 0 Å². The minimum atomic E-state index is -0.109. The zero-order valence-electron chi connectivity index (χ0n) is 13.0. The molecule has 24 heavy (non-hydrogen) atoms. The SMILES string of the molecule is CC(=O)Nc1ccccc1-c1cnc2[nH]c3cnc(N)cc3c2c1. The summed E-state index contributed by atoms with van der Waals surface area (Å²) in [6, 6.07) is 11.5. The third kappa shape index (κ3) is 2.34. The molecule has 118 valence electrons. The van der Waals surface area contributed by atoms with E-state index >= 15 is 0 Å². The highest BCUT2D eigenvalue weighted by molar-refractivity contribution is 6.08. The topological polar surface area (TPSA) is 96.7 Å². The second kappa shape index (κ2) is 5.34. The van der Waals surface area contributed by atoms with Crippen LogP contribution >= 0.6 is 0 Å². The van der Waals surface area contributed by atoms with Gasteiger partial charge in [0, 0.05) is 40.7 Å². The van der Waals surface area contributed by atoms with Gasteiger partial charge in [0.25, 0.3) is 0 Å². The quantitative estimate of drug-likeness (QED) is 0.528. The van der Waals surface area contributed by atoms with Gasteiger partial charge >= 0.3 is 0 Å². The molecule has 1 amide bonds. The number of nitrogen functional groups attached to an aromatic ring is 1. The molecule has 0 saturated heterocycles. The molecule has 3 heterocycles. The summed E-state index contributed by atoms with van der Waals surface area (Å²) < 4.78 is 0. The molecule has 0 saturated carbocycles. The van der Waals surface area contributed by atoms with Crippen molar-refractivity contribution in [1.29, 1.82) is 0 Å².